The van der Waals surface area contributed by atoms with Crippen molar-refractivity contribution in [1.29, 1.82) is 0 Å². The van der Waals surface area contributed by atoms with Crippen LogP contribution in [0, 0.1) is 5.92 Å². The van der Waals surface area contributed by atoms with E-state index >= 15 is 0 Å². The molecule has 1 atom stereocenters. The molecule has 1 amide bonds. The maximum Gasteiger partial charge on any atom is 0.232 e. The van der Waals surface area contributed by atoms with Crippen molar-refractivity contribution >= 4 is 22.5 Å². The first kappa shape index (κ1) is 15.9. The number of para-hydroxylation sites is 1. The number of nitrogens with one attached hydrogen (secondary N) is 1. The molecule has 0 spiro atoms. The number of hydrogen-bond acceptors (Lipinski definition) is 3. The zero-order valence-corrected chi connectivity index (χ0v) is 14.4. The molecule has 4 heteroatoms. The van der Waals surface area contributed by atoms with E-state index < -0.39 is 0 Å². The largest absolute Gasteiger partial charge is 0.498 e. The molecule has 4 rings (SSSR count). The van der Waals surface area contributed by atoms with Crippen LogP contribution in [0.1, 0.15) is 33.2 Å². The van der Waals surface area contributed by atoms with Crippen molar-refractivity contribution in [2.24, 2.45) is 5.92 Å². The summed E-state index contributed by atoms with van der Waals surface area (Å²) in [6.45, 7) is 2.72. The molecule has 2 heterocycles. The van der Waals surface area contributed by atoms with Gasteiger partial charge in [-0.3, -0.25) is 9.78 Å². The van der Waals surface area contributed by atoms with Gasteiger partial charge in [0.1, 0.15) is 5.76 Å². The Hall–Kier alpha value is -2.62. The average molecular weight is 336 g/mol. The summed E-state index contributed by atoms with van der Waals surface area (Å²) in [6, 6.07) is 8.06. The third-order valence-electron chi connectivity index (χ3n) is 5.03. The normalized spacial score (nSPS) is 19.5. The maximum absolute atomic E-state index is 13.0. The van der Waals surface area contributed by atoms with Crippen LogP contribution in [0.25, 0.3) is 10.9 Å². The number of hydrogen-bond donors (Lipinski definition) is 1. The number of pyridine rings is 1. The minimum atomic E-state index is -0.142. The lowest BCUT2D eigenvalue weighted by Gasteiger charge is -2.28. The van der Waals surface area contributed by atoms with Gasteiger partial charge in [0.25, 0.3) is 0 Å². The van der Waals surface area contributed by atoms with Gasteiger partial charge in [-0.1, -0.05) is 37.3 Å². The summed E-state index contributed by atoms with van der Waals surface area (Å²) in [6.07, 6.45) is 9.42. The molecule has 1 aromatic carbocycles. The van der Waals surface area contributed by atoms with Crippen molar-refractivity contribution in [2.75, 3.05) is 11.9 Å². The molecule has 2 aliphatic rings. The Morgan fingerprint density at radius 2 is 2.28 bits per heavy atom. The summed E-state index contributed by atoms with van der Waals surface area (Å²) in [7, 11) is 0. The Bertz CT molecular complexity index is 889. The molecule has 1 aliphatic heterocycles. The fraction of sp³-hybridized carbons (Fsp3) is 0.333. The highest BCUT2D eigenvalue weighted by Gasteiger charge is 2.30. The number of aromatic nitrogens is 1. The van der Waals surface area contributed by atoms with Crippen LogP contribution in [0.4, 0.5) is 5.69 Å². The van der Waals surface area contributed by atoms with E-state index in [9.17, 15) is 4.79 Å². The number of benzene rings is 1. The van der Waals surface area contributed by atoms with Crippen LogP contribution in [-0.2, 0) is 16.0 Å². The van der Waals surface area contributed by atoms with E-state index in [0.29, 0.717) is 6.61 Å². The maximum atomic E-state index is 13.0. The zero-order valence-electron chi connectivity index (χ0n) is 14.4. The summed E-state index contributed by atoms with van der Waals surface area (Å²) in [5, 5.41) is 4.24. The molecule has 1 aromatic heterocycles. The Labute approximate surface area is 149 Å². The topological polar surface area (TPSA) is 51.2 Å². The van der Waals surface area contributed by atoms with Crippen molar-refractivity contribution in [2.45, 2.75) is 32.6 Å². The standard InChI is InChI=1S/C21H22N2O2.H2/c1-2-14-15-7-3-5-9-18(15)22-13-19(14)23-21(24)17-11-12-25-20-10-6-4-8-16(17)20;/h3-5,7-9,13,17H,2,6,10-12H2,1H3,(H,23,24);1H. The molecular weight excluding hydrogens is 312 g/mol. The van der Waals surface area contributed by atoms with Crippen LogP contribution in [0.2, 0.25) is 0 Å². The van der Waals surface area contributed by atoms with Crippen LogP contribution >= 0.6 is 0 Å². The number of anilines is 1. The van der Waals surface area contributed by atoms with E-state index in [2.05, 4.69) is 35.4 Å². The minimum Gasteiger partial charge on any atom is -0.498 e. The molecule has 2 aromatic rings. The second-order valence-electron chi connectivity index (χ2n) is 6.52. The van der Waals surface area contributed by atoms with Gasteiger partial charge in [0, 0.05) is 18.8 Å². The number of aryl methyl sites for hydroxylation is 1. The molecule has 0 saturated heterocycles. The van der Waals surface area contributed by atoms with Crippen molar-refractivity contribution in [3.8, 4) is 0 Å². The van der Waals surface area contributed by atoms with E-state index in [1.807, 2.05) is 18.2 Å². The van der Waals surface area contributed by atoms with E-state index in [0.717, 1.165) is 59.2 Å². The third kappa shape index (κ3) is 2.93. The monoisotopic (exact) mass is 336 g/mol. The SMILES string of the molecule is CCc1c(NC(=O)C2CCOC3=C2C=CCC3)cnc2ccccc12.[HH]. The second-order valence-corrected chi connectivity index (χ2v) is 6.52. The number of fused-ring (bicyclic) bond motifs is 1. The van der Waals surface area contributed by atoms with Gasteiger partial charge in [-0.05, 0) is 30.9 Å². The van der Waals surface area contributed by atoms with Crippen LogP contribution in [0.5, 0.6) is 0 Å². The number of carbonyl (C=O) groups excluding carboxylic acids is 1. The number of rotatable bonds is 3. The van der Waals surface area contributed by atoms with E-state index in [1.165, 1.54) is 0 Å². The molecule has 0 saturated carbocycles. The van der Waals surface area contributed by atoms with Crippen LogP contribution in [-0.4, -0.2) is 17.5 Å². The van der Waals surface area contributed by atoms with Gasteiger partial charge >= 0.3 is 0 Å². The number of nitrogens with zero attached hydrogens (tertiary/aromatic N) is 1. The first-order valence-corrected chi connectivity index (χ1v) is 8.97. The van der Waals surface area contributed by atoms with Gasteiger partial charge in [0.05, 0.1) is 29.9 Å². The lowest BCUT2D eigenvalue weighted by Crippen LogP contribution is -2.30. The van der Waals surface area contributed by atoms with Gasteiger partial charge in [-0.2, -0.15) is 0 Å². The predicted molar refractivity (Wildman–Crippen MR) is 101 cm³/mol. The number of carbonyl (C=O) groups is 1. The van der Waals surface area contributed by atoms with Gasteiger partial charge in [0.15, 0.2) is 0 Å². The minimum absolute atomic E-state index is 0. The molecule has 0 bridgehead atoms. The van der Waals surface area contributed by atoms with E-state index in [4.69, 9.17) is 4.74 Å². The highest BCUT2D eigenvalue weighted by Crippen LogP contribution is 2.33. The lowest BCUT2D eigenvalue weighted by molar-refractivity contribution is -0.119. The zero-order chi connectivity index (χ0) is 17.2. The smallest absolute Gasteiger partial charge is 0.232 e. The Morgan fingerprint density at radius 1 is 1.40 bits per heavy atom. The molecule has 25 heavy (non-hydrogen) atoms. The first-order valence-electron chi connectivity index (χ1n) is 8.97. The average Bonchev–Trinajstić information content (AvgIpc) is 2.67. The van der Waals surface area contributed by atoms with E-state index in [1.54, 1.807) is 6.20 Å². The van der Waals surface area contributed by atoms with Crippen LogP contribution in [0.3, 0.4) is 0 Å². The molecule has 130 valence electrons. The summed E-state index contributed by atoms with van der Waals surface area (Å²) < 4.78 is 5.75. The molecule has 0 fully saturated rings. The van der Waals surface area contributed by atoms with Gasteiger partial charge in [-0.25, -0.2) is 0 Å². The van der Waals surface area contributed by atoms with Gasteiger partial charge in [0.2, 0.25) is 5.91 Å². The van der Waals surface area contributed by atoms with Crippen molar-refractivity contribution in [1.82, 2.24) is 4.98 Å². The number of allylic oxidation sites excluding steroid dienone is 3. The molecule has 4 nitrogen and oxygen atoms in total. The first-order chi connectivity index (χ1) is 12.3. The van der Waals surface area contributed by atoms with Crippen LogP contribution in [0.15, 0.2) is 53.9 Å². The lowest BCUT2D eigenvalue weighted by atomic mass is 9.88. The highest BCUT2D eigenvalue weighted by molar-refractivity contribution is 5.98. The predicted octanol–water partition coefficient (Wildman–Crippen LogP) is 4.62. The van der Waals surface area contributed by atoms with Crippen molar-refractivity contribution in [3.63, 3.8) is 0 Å². The molecule has 1 unspecified atom stereocenters. The summed E-state index contributed by atoms with van der Waals surface area (Å²) in [4.78, 5) is 17.5. The summed E-state index contributed by atoms with van der Waals surface area (Å²) in [5.74, 6) is 0.881. The summed E-state index contributed by atoms with van der Waals surface area (Å²) >= 11 is 0. The Balaban J connectivity index is 0.00000196. The molecule has 1 N–H and O–H groups in total. The van der Waals surface area contributed by atoms with E-state index in [-0.39, 0.29) is 13.3 Å². The van der Waals surface area contributed by atoms with Gasteiger partial charge < -0.3 is 10.1 Å². The fourth-order valence-corrected chi connectivity index (χ4v) is 3.76. The highest BCUT2D eigenvalue weighted by atomic mass is 16.5. The Kier molecular flexibility index (Phi) is 4.26. The van der Waals surface area contributed by atoms with Gasteiger partial charge in [-0.15, -0.1) is 0 Å². The van der Waals surface area contributed by atoms with Crippen LogP contribution < -0.4 is 5.32 Å². The summed E-state index contributed by atoms with van der Waals surface area (Å²) in [5.41, 5.74) is 3.96. The quantitative estimate of drug-likeness (QED) is 0.889. The molecular formula is C21H24N2O2. The molecule has 1 aliphatic carbocycles. The number of amides is 1. The number of ether oxygens (including phenoxy) is 1. The fourth-order valence-electron chi connectivity index (χ4n) is 3.76. The Morgan fingerprint density at radius 3 is 3.16 bits per heavy atom. The van der Waals surface area contributed by atoms with Crippen molar-refractivity contribution in [3.05, 3.63) is 59.5 Å². The second kappa shape index (κ2) is 6.71. The third-order valence-corrected chi connectivity index (χ3v) is 5.03. The van der Waals surface area contributed by atoms with Crippen molar-refractivity contribution < 1.29 is 11.0 Å². The molecule has 0 radical (unpaired) electrons.